The molecule has 0 bridgehead atoms. The Kier molecular flexibility index (Phi) is 6.14. The molecule has 0 fully saturated rings. The van der Waals surface area contributed by atoms with Crippen molar-refractivity contribution in [3.63, 3.8) is 0 Å². The summed E-state index contributed by atoms with van der Waals surface area (Å²) >= 11 is 1.62. The van der Waals surface area contributed by atoms with Crippen LogP contribution in [0.25, 0.3) is 0 Å². The highest BCUT2D eigenvalue weighted by molar-refractivity contribution is 7.99. The number of benzene rings is 1. The van der Waals surface area contributed by atoms with E-state index in [-0.39, 0.29) is 17.6 Å². The summed E-state index contributed by atoms with van der Waals surface area (Å²) < 4.78 is 26.2. The molecule has 0 aliphatic carbocycles. The lowest BCUT2D eigenvalue weighted by molar-refractivity contribution is 0.282. The molecule has 0 radical (unpaired) electrons. The molecule has 1 aromatic rings. The molecule has 0 aliphatic rings. The fraction of sp³-hybridized carbons (Fsp3) is 0.500. The Morgan fingerprint density at radius 3 is 2.33 bits per heavy atom. The summed E-state index contributed by atoms with van der Waals surface area (Å²) in [7, 11) is -3.29. The molecule has 2 N–H and O–H groups in total. The van der Waals surface area contributed by atoms with Crippen molar-refractivity contribution in [1.82, 2.24) is 4.72 Å². The summed E-state index contributed by atoms with van der Waals surface area (Å²) in [5, 5.41) is 9.16. The van der Waals surface area contributed by atoms with E-state index in [1.54, 1.807) is 36.0 Å². The standard InChI is InChI=1S/C12H19NO3S2/c1-10(17-2)7-13-18(15,16)9-12-5-3-11(8-14)4-6-12/h3-6,10,13-14H,7-9H2,1-2H3. The topological polar surface area (TPSA) is 66.4 Å². The second-order valence-electron chi connectivity index (χ2n) is 4.13. The number of hydrogen-bond acceptors (Lipinski definition) is 4. The van der Waals surface area contributed by atoms with E-state index in [0.717, 1.165) is 11.1 Å². The quantitative estimate of drug-likeness (QED) is 0.795. The van der Waals surface area contributed by atoms with Crippen LogP contribution in [-0.4, -0.2) is 31.6 Å². The van der Waals surface area contributed by atoms with Crippen LogP contribution in [-0.2, 0) is 22.4 Å². The Labute approximate surface area is 113 Å². The average Bonchev–Trinajstić information content (AvgIpc) is 2.36. The molecule has 102 valence electrons. The highest BCUT2D eigenvalue weighted by Crippen LogP contribution is 2.09. The van der Waals surface area contributed by atoms with Gasteiger partial charge in [-0.3, -0.25) is 0 Å². The van der Waals surface area contributed by atoms with Crippen molar-refractivity contribution >= 4 is 21.8 Å². The minimum absolute atomic E-state index is 0.0280. The maximum Gasteiger partial charge on any atom is 0.215 e. The zero-order valence-electron chi connectivity index (χ0n) is 10.6. The molecule has 0 saturated carbocycles. The Hall–Kier alpha value is -0.560. The highest BCUT2D eigenvalue weighted by Gasteiger charge is 2.12. The van der Waals surface area contributed by atoms with E-state index in [2.05, 4.69) is 4.72 Å². The van der Waals surface area contributed by atoms with Crippen LogP contribution in [0.1, 0.15) is 18.1 Å². The minimum Gasteiger partial charge on any atom is -0.392 e. The zero-order chi connectivity index (χ0) is 13.6. The van der Waals surface area contributed by atoms with Crippen molar-refractivity contribution < 1.29 is 13.5 Å². The Bertz CT molecular complexity index is 457. The van der Waals surface area contributed by atoms with Crippen LogP contribution >= 0.6 is 11.8 Å². The summed E-state index contributed by atoms with van der Waals surface area (Å²) in [5.41, 5.74) is 1.50. The van der Waals surface area contributed by atoms with Crippen LogP contribution in [0.5, 0.6) is 0 Å². The number of thioether (sulfide) groups is 1. The molecule has 6 heteroatoms. The van der Waals surface area contributed by atoms with E-state index in [1.165, 1.54) is 0 Å². The van der Waals surface area contributed by atoms with Gasteiger partial charge in [0.05, 0.1) is 12.4 Å². The first kappa shape index (κ1) is 15.5. The van der Waals surface area contributed by atoms with Crippen LogP contribution in [0, 0.1) is 0 Å². The van der Waals surface area contributed by atoms with Gasteiger partial charge in [-0.2, -0.15) is 11.8 Å². The minimum atomic E-state index is -3.29. The second-order valence-corrected chi connectivity index (χ2v) is 7.21. The average molecular weight is 289 g/mol. The van der Waals surface area contributed by atoms with Crippen molar-refractivity contribution in [1.29, 1.82) is 0 Å². The van der Waals surface area contributed by atoms with Crippen molar-refractivity contribution in [3.05, 3.63) is 35.4 Å². The third-order valence-electron chi connectivity index (χ3n) is 2.56. The van der Waals surface area contributed by atoms with Gasteiger partial charge in [0.2, 0.25) is 10.0 Å². The SMILES string of the molecule is CSC(C)CNS(=O)(=O)Cc1ccc(CO)cc1. The number of aliphatic hydroxyl groups is 1. The van der Waals surface area contributed by atoms with E-state index in [0.29, 0.717) is 6.54 Å². The molecular weight excluding hydrogens is 270 g/mol. The first-order valence-electron chi connectivity index (χ1n) is 5.65. The number of hydrogen-bond donors (Lipinski definition) is 2. The molecule has 0 saturated heterocycles. The van der Waals surface area contributed by atoms with Gasteiger partial charge in [0.1, 0.15) is 0 Å². The smallest absolute Gasteiger partial charge is 0.215 e. The number of aliphatic hydroxyl groups excluding tert-OH is 1. The van der Waals surface area contributed by atoms with Gasteiger partial charge in [0.25, 0.3) is 0 Å². The molecule has 18 heavy (non-hydrogen) atoms. The van der Waals surface area contributed by atoms with E-state index < -0.39 is 10.0 Å². The Morgan fingerprint density at radius 2 is 1.83 bits per heavy atom. The molecule has 0 spiro atoms. The predicted octanol–water partition coefficient (Wildman–Crippen LogP) is 1.35. The van der Waals surface area contributed by atoms with Crippen molar-refractivity contribution in [2.24, 2.45) is 0 Å². The largest absolute Gasteiger partial charge is 0.392 e. The van der Waals surface area contributed by atoms with Crippen molar-refractivity contribution in [2.75, 3.05) is 12.8 Å². The first-order chi connectivity index (χ1) is 8.46. The lowest BCUT2D eigenvalue weighted by Gasteiger charge is -2.10. The van der Waals surface area contributed by atoms with E-state index in [9.17, 15) is 8.42 Å². The summed E-state index contributed by atoms with van der Waals surface area (Å²) in [4.78, 5) is 0. The lowest BCUT2D eigenvalue weighted by Crippen LogP contribution is -2.30. The summed E-state index contributed by atoms with van der Waals surface area (Å²) in [6, 6.07) is 6.91. The number of rotatable bonds is 7. The fourth-order valence-corrected chi connectivity index (χ4v) is 2.93. The fourth-order valence-electron chi connectivity index (χ4n) is 1.34. The second kappa shape index (κ2) is 7.13. The maximum atomic E-state index is 11.8. The summed E-state index contributed by atoms with van der Waals surface area (Å²) in [5.74, 6) is -0.0280. The van der Waals surface area contributed by atoms with Crippen LogP contribution in [0.3, 0.4) is 0 Å². The van der Waals surface area contributed by atoms with Crippen molar-refractivity contribution in [3.8, 4) is 0 Å². The van der Waals surface area contributed by atoms with Crippen molar-refractivity contribution in [2.45, 2.75) is 24.5 Å². The number of sulfonamides is 1. The first-order valence-corrected chi connectivity index (χ1v) is 8.59. The van der Waals surface area contributed by atoms with Gasteiger partial charge in [-0.15, -0.1) is 0 Å². The molecule has 0 amide bonds. The van der Waals surface area contributed by atoms with Gasteiger partial charge < -0.3 is 5.11 Å². The molecular formula is C12H19NO3S2. The van der Waals surface area contributed by atoms with Crippen LogP contribution < -0.4 is 4.72 Å². The van der Waals surface area contributed by atoms with Gasteiger partial charge >= 0.3 is 0 Å². The Balaban J connectivity index is 2.58. The molecule has 1 atom stereocenters. The molecule has 0 aliphatic heterocycles. The van der Waals surface area contributed by atoms with Gasteiger partial charge in [0, 0.05) is 11.8 Å². The van der Waals surface area contributed by atoms with E-state index >= 15 is 0 Å². The van der Waals surface area contributed by atoms with E-state index in [1.807, 2.05) is 13.2 Å². The van der Waals surface area contributed by atoms with E-state index in [4.69, 9.17) is 5.11 Å². The van der Waals surface area contributed by atoms with Gasteiger partial charge in [-0.1, -0.05) is 31.2 Å². The normalized spacial score (nSPS) is 13.5. The molecule has 0 aromatic heterocycles. The highest BCUT2D eigenvalue weighted by atomic mass is 32.2. The zero-order valence-corrected chi connectivity index (χ0v) is 12.2. The lowest BCUT2D eigenvalue weighted by atomic mass is 10.2. The molecule has 1 unspecified atom stereocenters. The monoisotopic (exact) mass is 289 g/mol. The predicted molar refractivity (Wildman–Crippen MR) is 76.0 cm³/mol. The summed E-state index contributed by atoms with van der Waals surface area (Å²) in [6.07, 6.45) is 1.95. The molecule has 4 nitrogen and oxygen atoms in total. The molecule has 0 heterocycles. The van der Waals surface area contributed by atoms with Gasteiger partial charge in [0.15, 0.2) is 0 Å². The summed E-state index contributed by atoms with van der Waals surface area (Å²) in [6.45, 7) is 2.39. The van der Waals surface area contributed by atoms with Crippen LogP contribution in [0.15, 0.2) is 24.3 Å². The Morgan fingerprint density at radius 1 is 1.28 bits per heavy atom. The number of nitrogens with one attached hydrogen (secondary N) is 1. The third-order valence-corrected chi connectivity index (χ3v) is 4.85. The maximum absolute atomic E-state index is 11.8. The van der Waals surface area contributed by atoms with Gasteiger partial charge in [-0.25, -0.2) is 13.1 Å². The van der Waals surface area contributed by atoms with Crippen LogP contribution in [0.2, 0.25) is 0 Å². The third kappa shape index (κ3) is 5.39. The molecule has 1 aromatic carbocycles. The van der Waals surface area contributed by atoms with Gasteiger partial charge in [-0.05, 0) is 17.4 Å². The molecule has 1 rings (SSSR count). The van der Waals surface area contributed by atoms with Crippen LogP contribution in [0.4, 0.5) is 0 Å².